The van der Waals surface area contributed by atoms with Gasteiger partial charge in [0, 0.05) is 51.7 Å². The molecule has 0 bridgehead atoms. The maximum atomic E-state index is 11.1. The smallest absolute Gasteiger partial charge is 0.221 e. The molecule has 2 N–H and O–H groups in total. The van der Waals surface area contributed by atoms with Crippen molar-refractivity contribution in [3.8, 4) is 0 Å². The van der Waals surface area contributed by atoms with Crippen LogP contribution in [0.2, 0.25) is 5.02 Å². The molecular weight excluding hydrogens is 362 g/mol. The lowest BCUT2D eigenvalue weighted by Crippen LogP contribution is -2.39. The van der Waals surface area contributed by atoms with Crippen molar-refractivity contribution in [1.82, 2.24) is 14.8 Å². The lowest BCUT2D eigenvalue weighted by atomic mass is 10.1. The summed E-state index contributed by atoms with van der Waals surface area (Å²) in [5.74, 6) is 0.801. The van der Waals surface area contributed by atoms with E-state index in [0.29, 0.717) is 6.54 Å². The fourth-order valence-electron chi connectivity index (χ4n) is 2.76. The van der Waals surface area contributed by atoms with E-state index in [-0.39, 0.29) is 5.91 Å². The Morgan fingerprint density at radius 2 is 2.00 bits per heavy atom. The highest BCUT2D eigenvalue weighted by atomic mass is 35.5. The molecule has 0 aliphatic heterocycles. The summed E-state index contributed by atoms with van der Waals surface area (Å²) in [5, 5.41) is 6.85. The Bertz CT molecular complexity index is 782. The highest BCUT2D eigenvalue weighted by molar-refractivity contribution is 6.30. The Balaban J connectivity index is 1.95. The summed E-state index contributed by atoms with van der Waals surface area (Å²) < 4.78 is 2.03. The topological polar surface area (TPSA) is 61.7 Å². The number of amides is 1. The summed E-state index contributed by atoms with van der Waals surface area (Å²) in [6.45, 7) is 5.78. The minimum Gasteiger partial charge on any atom is -0.357 e. The van der Waals surface area contributed by atoms with Crippen LogP contribution in [0.25, 0.3) is 0 Å². The molecule has 2 aromatic rings. The van der Waals surface area contributed by atoms with Gasteiger partial charge in [0.25, 0.3) is 0 Å². The minimum absolute atomic E-state index is 0.0646. The van der Waals surface area contributed by atoms with Gasteiger partial charge < -0.3 is 20.1 Å². The third kappa shape index (κ3) is 6.64. The van der Waals surface area contributed by atoms with Crippen LogP contribution >= 0.6 is 11.6 Å². The first kappa shape index (κ1) is 20.8. The third-order valence-electron chi connectivity index (χ3n) is 4.11. The number of guanidine groups is 1. The Morgan fingerprint density at radius 1 is 1.30 bits per heavy atom. The van der Waals surface area contributed by atoms with Crippen molar-refractivity contribution in [3.05, 3.63) is 52.8 Å². The molecule has 0 unspecified atom stereocenters. The fourth-order valence-corrected chi connectivity index (χ4v) is 3.03. The number of benzene rings is 1. The monoisotopic (exact) mass is 389 g/mol. The number of halogens is 1. The van der Waals surface area contributed by atoms with Gasteiger partial charge in [0.05, 0.1) is 11.6 Å². The molecule has 0 aliphatic rings. The van der Waals surface area contributed by atoms with Crippen LogP contribution in [0.5, 0.6) is 0 Å². The van der Waals surface area contributed by atoms with Crippen LogP contribution in [-0.2, 0) is 24.8 Å². The number of aliphatic imine (C=N–C) groups is 1. The molecule has 0 atom stereocenters. The van der Waals surface area contributed by atoms with E-state index in [4.69, 9.17) is 16.6 Å². The molecule has 1 heterocycles. The van der Waals surface area contributed by atoms with Gasteiger partial charge in [-0.2, -0.15) is 0 Å². The minimum atomic E-state index is -0.0646. The van der Waals surface area contributed by atoms with Crippen LogP contribution in [-0.4, -0.2) is 41.5 Å². The highest BCUT2D eigenvalue weighted by Crippen LogP contribution is 2.14. The van der Waals surface area contributed by atoms with E-state index < -0.39 is 0 Å². The molecule has 2 rings (SSSR count). The highest BCUT2D eigenvalue weighted by Gasteiger charge is 2.09. The van der Waals surface area contributed by atoms with Crippen molar-refractivity contribution < 1.29 is 4.79 Å². The molecule has 1 aromatic carbocycles. The first-order valence-corrected chi connectivity index (χ1v) is 9.43. The van der Waals surface area contributed by atoms with Crippen LogP contribution in [0.15, 0.2) is 41.5 Å². The van der Waals surface area contributed by atoms with Crippen molar-refractivity contribution in [1.29, 1.82) is 0 Å². The quantitative estimate of drug-likeness (QED) is 0.564. The summed E-state index contributed by atoms with van der Waals surface area (Å²) in [5.41, 5.74) is 3.12. The maximum Gasteiger partial charge on any atom is 0.221 e. The third-order valence-corrected chi connectivity index (χ3v) is 4.31. The molecule has 7 heteroatoms. The number of hydrogen-bond acceptors (Lipinski definition) is 2. The van der Waals surface area contributed by atoms with Gasteiger partial charge in [-0.15, -0.1) is 0 Å². The maximum absolute atomic E-state index is 11.1. The normalized spacial score (nSPS) is 11.4. The Kier molecular flexibility index (Phi) is 7.73. The predicted octanol–water partition coefficient (Wildman–Crippen LogP) is 3.28. The number of nitrogens with one attached hydrogen (secondary N) is 2. The molecule has 27 heavy (non-hydrogen) atoms. The van der Waals surface area contributed by atoms with Crippen molar-refractivity contribution in [2.75, 3.05) is 25.5 Å². The second kappa shape index (κ2) is 10.0. The van der Waals surface area contributed by atoms with Crippen LogP contribution < -0.4 is 10.6 Å². The number of anilines is 1. The average Bonchev–Trinajstić information content (AvgIpc) is 2.92. The number of nitrogens with zero attached hydrogens (tertiary/aromatic N) is 3. The van der Waals surface area contributed by atoms with Gasteiger partial charge in [0.1, 0.15) is 0 Å². The van der Waals surface area contributed by atoms with E-state index in [1.807, 2.05) is 55.2 Å². The van der Waals surface area contributed by atoms with Crippen molar-refractivity contribution in [2.24, 2.45) is 12.0 Å². The van der Waals surface area contributed by atoms with Gasteiger partial charge in [0.2, 0.25) is 5.91 Å². The summed E-state index contributed by atoms with van der Waals surface area (Å²) in [7, 11) is 4.01. The first-order chi connectivity index (χ1) is 12.9. The van der Waals surface area contributed by atoms with Gasteiger partial charge in [-0.3, -0.25) is 9.79 Å². The zero-order valence-electron chi connectivity index (χ0n) is 16.4. The van der Waals surface area contributed by atoms with Gasteiger partial charge in [0.15, 0.2) is 5.96 Å². The van der Waals surface area contributed by atoms with E-state index >= 15 is 0 Å². The van der Waals surface area contributed by atoms with E-state index in [9.17, 15) is 4.79 Å². The van der Waals surface area contributed by atoms with Gasteiger partial charge in [-0.25, -0.2) is 0 Å². The molecule has 146 valence electrons. The number of aryl methyl sites for hydroxylation is 1. The molecule has 6 nitrogen and oxygen atoms in total. The molecule has 0 spiro atoms. The SMILES string of the molecule is CCNC(=NCCc1ccc(NC(C)=O)cc1)N(C)Cc1cc(Cl)cn1C. The first-order valence-electron chi connectivity index (χ1n) is 9.05. The lowest BCUT2D eigenvalue weighted by molar-refractivity contribution is -0.114. The Labute approximate surface area is 166 Å². The van der Waals surface area contributed by atoms with Crippen LogP contribution in [0, 0.1) is 0 Å². The van der Waals surface area contributed by atoms with Crippen molar-refractivity contribution in [3.63, 3.8) is 0 Å². The second-order valence-corrected chi connectivity index (χ2v) is 6.92. The van der Waals surface area contributed by atoms with Crippen LogP contribution in [0.3, 0.4) is 0 Å². The fraction of sp³-hybridized carbons (Fsp3) is 0.400. The van der Waals surface area contributed by atoms with Gasteiger partial charge in [-0.05, 0) is 37.1 Å². The number of rotatable bonds is 7. The van der Waals surface area contributed by atoms with Crippen LogP contribution in [0.4, 0.5) is 5.69 Å². The zero-order chi connectivity index (χ0) is 19.8. The van der Waals surface area contributed by atoms with Crippen LogP contribution in [0.1, 0.15) is 25.1 Å². The summed E-state index contributed by atoms with van der Waals surface area (Å²) in [4.78, 5) is 17.9. The molecule has 0 aliphatic carbocycles. The average molecular weight is 390 g/mol. The second-order valence-electron chi connectivity index (χ2n) is 6.48. The molecule has 0 saturated carbocycles. The van der Waals surface area contributed by atoms with E-state index in [1.54, 1.807) is 0 Å². The van der Waals surface area contributed by atoms with Crippen molar-refractivity contribution >= 4 is 29.2 Å². The summed E-state index contributed by atoms with van der Waals surface area (Å²) in [6, 6.07) is 9.83. The molecule has 1 aromatic heterocycles. The molecule has 1 amide bonds. The largest absolute Gasteiger partial charge is 0.357 e. The summed E-state index contributed by atoms with van der Waals surface area (Å²) in [6.07, 6.45) is 2.73. The zero-order valence-corrected chi connectivity index (χ0v) is 17.2. The molecule has 0 fully saturated rings. The number of hydrogen-bond donors (Lipinski definition) is 2. The van der Waals surface area contributed by atoms with Gasteiger partial charge in [-0.1, -0.05) is 23.7 Å². The Morgan fingerprint density at radius 3 is 2.56 bits per heavy atom. The molecular formula is C20H28ClN5O. The van der Waals surface area contributed by atoms with Gasteiger partial charge >= 0.3 is 0 Å². The molecule has 0 radical (unpaired) electrons. The lowest BCUT2D eigenvalue weighted by Gasteiger charge is -2.22. The van der Waals surface area contributed by atoms with E-state index in [1.165, 1.54) is 12.5 Å². The number of carbonyl (C=O) groups excluding carboxylic acids is 1. The number of carbonyl (C=O) groups is 1. The predicted molar refractivity (Wildman–Crippen MR) is 112 cm³/mol. The Hall–Kier alpha value is -2.47. The van der Waals surface area contributed by atoms with E-state index in [2.05, 4.69) is 22.5 Å². The standard InChI is InChI=1S/C20H28ClN5O/c1-5-22-20(26(4)14-19-12-17(21)13-25(19)3)23-11-10-16-6-8-18(9-7-16)24-15(2)27/h6-9,12-13H,5,10-11,14H2,1-4H3,(H,22,23)(H,24,27). The molecule has 0 saturated heterocycles. The summed E-state index contributed by atoms with van der Waals surface area (Å²) >= 11 is 6.07. The number of aromatic nitrogens is 1. The van der Waals surface area contributed by atoms with E-state index in [0.717, 1.165) is 41.9 Å². The van der Waals surface area contributed by atoms with Crippen molar-refractivity contribution in [2.45, 2.75) is 26.8 Å².